The zero-order chi connectivity index (χ0) is 10.4. The van der Waals surface area contributed by atoms with Crippen LogP contribution in [-0.4, -0.2) is 23.2 Å². The highest BCUT2D eigenvalue weighted by atomic mass is 16.2. The minimum absolute atomic E-state index is 0.0398. The van der Waals surface area contributed by atoms with Crippen LogP contribution in [0.1, 0.15) is 20.8 Å². The number of Topliss-reactive ketones (excluding diaryl/α,β-unsaturated/α-hetero) is 1. The third-order valence-electron chi connectivity index (χ3n) is 2.62. The second-order valence-corrected chi connectivity index (χ2v) is 3.53. The summed E-state index contributed by atoms with van der Waals surface area (Å²) in [4.78, 5) is 26.1. The standard InChI is InChI=1S/C11H8N2O2/c14-8-5-12-11(15)10-9(8)6-3-1-2-4-7(6)13-10/h1-4,13H,5H2,(H,12,15). The highest BCUT2D eigenvalue weighted by Crippen LogP contribution is 2.24. The van der Waals surface area contributed by atoms with Gasteiger partial charge in [-0.3, -0.25) is 9.59 Å². The van der Waals surface area contributed by atoms with E-state index in [1.165, 1.54) is 0 Å². The number of carbonyl (C=O) groups is 2. The molecular formula is C11H8N2O2. The van der Waals surface area contributed by atoms with E-state index < -0.39 is 0 Å². The van der Waals surface area contributed by atoms with Crippen LogP contribution in [0.25, 0.3) is 10.9 Å². The average molecular weight is 200 g/mol. The van der Waals surface area contributed by atoms with Gasteiger partial charge in [-0.05, 0) is 6.07 Å². The number of ketones is 1. The number of H-pyrrole nitrogens is 1. The van der Waals surface area contributed by atoms with Gasteiger partial charge in [-0.1, -0.05) is 18.2 Å². The number of amides is 1. The molecular weight excluding hydrogens is 192 g/mol. The topological polar surface area (TPSA) is 62.0 Å². The molecule has 0 atom stereocenters. The van der Waals surface area contributed by atoms with Crippen LogP contribution in [0.3, 0.4) is 0 Å². The van der Waals surface area contributed by atoms with E-state index >= 15 is 0 Å². The predicted molar refractivity (Wildman–Crippen MR) is 55.0 cm³/mol. The zero-order valence-electron chi connectivity index (χ0n) is 7.83. The molecule has 1 amide bonds. The maximum Gasteiger partial charge on any atom is 0.268 e. The van der Waals surface area contributed by atoms with Gasteiger partial charge in [0.2, 0.25) is 0 Å². The molecule has 1 aliphatic rings. The summed E-state index contributed by atoms with van der Waals surface area (Å²) in [6.45, 7) is 0.0910. The molecule has 0 unspecified atom stereocenters. The monoisotopic (exact) mass is 200 g/mol. The normalized spacial score (nSPS) is 15.2. The van der Waals surface area contributed by atoms with Gasteiger partial charge in [0, 0.05) is 10.9 Å². The second-order valence-electron chi connectivity index (χ2n) is 3.53. The molecule has 4 heteroatoms. The Balaban J connectivity index is 2.44. The van der Waals surface area contributed by atoms with E-state index in [1.807, 2.05) is 24.3 Å². The molecule has 0 aliphatic carbocycles. The fraction of sp³-hybridized carbons (Fsp3) is 0.0909. The first-order valence-corrected chi connectivity index (χ1v) is 4.69. The van der Waals surface area contributed by atoms with E-state index in [-0.39, 0.29) is 18.2 Å². The molecule has 2 heterocycles. The van der Waals surface area contributed by atoms with E-state index in [1.54, 1.807) is 0 Å². The summed E-state index contributed by atoms with van der Waals surface area (Å²) >= 11 is 0. The summed E-state index contributed by atoms with van der Waals surface area (Å²) in [5, 5.41) is 3.36. The summed E-state index contributed by atoms with van der Waals surface area (Å²) in [5.74, 6) is -0.247. The molecule has 0 saturated heterocycles. The largest absolute Gasteiger partial charge is 0.350 e. The fourth-order valence-corrected chi connectivity index (χ4v) is 1.94. The third kappa shape index (κ3) is 1.01. The molecule has 0 saturated carbocycles. The van der Waals surface area contributed by atoms with E-state index in [2.05, 4.69) is 10.3 Å². The molecule has 1 aliphatic heterocycles. The highest BCUT2D eigenvalue weighted by Gasteiger charge is 2.27. The molecule has 0 bridgehead atoms. The number of hydrogen-bond donors (Lipinski definition) is 2. The Morgan fingerprint density at radius 3 is 2.80 bits per heavy atom. The number of hydrogen-bond acceptors (Lipinski definition) is 2. The van der Waals surface area contributed by atoms with Crippen molar-refractivity contribution in [1.29, 1.82) is 0 Å². The number of benzene rings is 1. The highest BCUT2D eigenvalue weighted by molar-refractivity contribution is 6.20. The summed E-state index contributed by atoms with van der Waals surface area (Å²) in [6, 6.07) is 7.43. The van der Waals surface area contributed by atoms with Crippen molar-refractivity contribution in [2.45, 2.75) is 0 Å². The van der Waals surface area contributed by atoms with Crippen molar-refractivity contribution in [3.8, 4) is 0 Å². The maximum atomic E-state index is 11.7. The Hall–Kier alpha value is -2.10. The Kier molecular flexibility index (Phi) is 1.48. The zero-order valence-corrected chi connectivity index (χ0v) is 7.83. The van der Waals surface area contributed by atoms with Crippen LogP contribution < -0.4 is 5.32 Å². The Morgan fingerprint density at radius 1 is 1.13 bits per heavy atom. The number of aromatic amines is 1. The van der Waals surface area contributed by atoms with Crippen molar-refractivity contribution in [2.75, 3.05) is 6.54 Å². The fourth-order valence-electron chi connectivity index (χ4n) is 1.94. The maximum absolute atomic E-state index is 11.7. The molecule has 4 nitrogen and oxygen atoms in total. The minimum atomic E-state index is -0.208. The lowest BCUT2D eigenvalue weighted by Gasteiger charge is -2.10. The summed E-state index contributed by atoms with van der Waals surface area (Å²) in [5.41, 5.74) is 1.73. The van der Waals surface area contributed by atoms with E-state index in [0.717, 1.165) is 10.9 Å². The molecule has 0 spiro atoms. The Labute approximate surface area is 85.3 Å². The SMILES string of the molecule is O=C1NCC(=O)c2c1[nH]c1ccccc21. The summed E-state index contributed by atoms with van der Waals surface area (Å²) in [6.07, 6.45) is 0. The van der Waals surface area contributed by atoms with Gasteiger partial charge >= 0.3 is 0 Å². The number of aromatic nitrogens is 1. The summed E-state index contributed by atoms with van der Waals surface area (Å²) in [7, 11) is 0. The quantitative estimate of drug-likeness (QED) is 0.668. The van der Waals surface area contributed by atoms with Crippen molar-refractivity contribution >= 4 is 22.6 Å². The van der Waals surface area contributed by atoms with Crippen molar-refractivity contribution in [1.82, 2.24) is 10.3 Å². The third-order valence-corrected chi connectivity index (χ3v) is 2.62. The minimum Gasteiger partial charge on any atom is -0.350 e. The molecule has 2 aromatic rings. The molecule has 2 N–H and O–H groups in total. The van der Waals surface area contributed by atoms with Crippen LogP contribution in [0.5, 0.6) is 0 Å². The van der Waals surface area contributed by atoms with Crippen LogP contribution in [-0.2, 0) is 0 Å². The van der Waals surface area contributed by atoms with Gasteiger partial charge in [-0.15, -0.1) is 0 Å². The number of rotatable bonds is 0. The number of nitrogens with one attached hydrogen (secondary N) is 2. The van der Waals surface area contributed by atoms with Crippen molar-refractivity contribution in [2.24, 2.45) is 0 Å². The van der Waals surface area contributed by atoms with Crippen molar-refractivity contribution in [3.05, 3.63) is 35.5 Å². The molecule has 15 heavy (non-hydrogen) atoms. The molecule has 3 rings (SSSR count). The van der Waals surface area contributed by atoms with Gasteiger partial charge in [-0.2, -0.15) is 0 Å². The number of fused-ring (bicyclic) bond motifs is 3. The van der Waals surface area contributed by atoms with Crippen LogP contribution in [0.2, 0.25) is 0 Å². The van der Waals surface area contributed by atoms with Crippen LogP contribution in [0.4, 0.5) is 0 Å². The lowest BCUT2D eigenvalue weighted by Crippen LogP contribution is -2.36. The van der Waals surface area contributed by atoms with Crippen LogP contribution >= 0.6 is 0 Å². The second kappa shape index (κ2) is 2.70. The van der Waals surface area contributed by atoms with Gasteiger partial charge in [0.15, 0.2) is 5.78 Å². The first-order valence-electron chi connectivity index (χ1n) is 4.69. The van der Waals surface area contributed by atoms with Gasteiger partial charge in [0.25, 0.3) is 5.91 Å². The smallest absolute Gasteiger partial charge is 0.268 e. The van der Waals surface area contributed by atoms with Gasteiger partial charge < -0.3 is 10.3 Å². The number of carbonyl (C=O) groups excluding carboxylic acids is 2. The molecule has 0 radical (unpaired) electrons. The van der Waals surface area contributed by atoms with E-state index in [0.29, 0.717) is 11.3 Å². The molecule has 1 aromatic heterocycles. The number of para-hydroxylation sites is 1. The molecule has 0 fully saturated rings. The van der Waals surface area contributed by atoms with Gasteiger partial charge in [-0.25, -0.2) is 0 Å². The first-order chi connectivity index (χ1) is 7.27. The van der Waals surface area contributed by atoms with Gasteiger partial charge in [0.1, 0.15) is 5.69 Å². The molecule has 1 aromatic carbocycles. The summed E-state index contributed by atoms with van der Waals surface area (Å²) < 4.78 is 0. The lowest BCUT2D eigenvalue weighted by molar-refractivity contribution is 0.0875. The Morgan fingerprint density at radius 2 is 1.93 bits per heavy atom. The van der Waals surface area contributed by atoms with Gasteiger partial charge in [0.05, 0.1) is 12.1 Å². The lowest BCUT2D eigenvalue weighted by atomic mass is 10.0. The first kappa shape index (κ1) is 8.23. The van der Waals surface area contributed by atoms with E-state index in [4.69, 9.17) is 0 Å². The Bertz CT molecular complexity index is 583. The predicted octanol–water partition coefficient (Wildman–Crippen LogP) is 1.09. The van der Waals surface area contributed by atoms with Crippen molar-refractivity contribution in [3.63, 3.8) is 0 Å². The van der Waals surface area contributed by atoms with Crippen LogP contribution in [0, 0.1) is 0 Å². The molecule has 74 valence electrons. The van der Waals surface area contributed by atoms with Crippen LogP contribution in [0.15, 0.2) is 24.3 Å². The average Bonchev–Trinajstić information content (AvgIpc) is 2.64. The van der Waals surface area contributed by atoms with E-state index in [9.17, 15) is 9.59 Å². The van der Waals surface area contributed by atoms with Crippen molar-refractivity contribution < 1.29 is 9.59 Å².